The van der Waals surface area contributed by atoms with Gasteiger partial charge in [0, 0.05) is 18.6 Å². The lowest BCUT2D eigenvalue weighted by Gasteiger charge is -2.26. The fraction of sp³-hybridized carbons (Fsp3) is 0.538. The van der Waals surface area contributed by atoms with Gasteiger partial charge in [-0.3, -0.25) is 0 Å². The highest BCUT2D eigenvalue weighted by Gasteiger charge is 2.14. The Morgan fingerprint density at radius 3 is 2.50 bits per heavy atom. The van der Waals surface area contributed by atoms with Gasteiger partial charge in [0.2, 0.25) is 0 Å². The molecule has 3 heteroatoms. The smallest absolute Gasteiger partial charge is 0.123 e. The minimum Gasteiger partial charge on any atom is -0.324 e. The number of hydrogen-bond donors (Lipinski definition) is 1. The monoisotopic (exact) mass is 224 g/mol. The summed E-state index contributed by atoms with van der Waals surface area (Å²) in [7, 11) is 2.03. The van der Waals surface area contributed by atoms with Crippen LogP contribution in [0, 0.1) is 12.7 Å². The van der Waals surface area contributed by atoms with Crippen LogP contribution in [0.15, 0.2) is 18.2 Å². The first-order chi connectivity index (χ1) is 7.28. The number of benzene rings is 1. The van der Waals surface area contributed by atoms with Crippen LogP contribution in [-0.2, 0) is 6.54 Å². The molecule has 0 heterocycles. The van der Waals surface area contributed by atoms with Crippen molar-refractivity contribution < 1.29 is 4.39 Å². The van der Waals surface area contributed by atoms with Gasteiger partial charge in [0.25, 0.3) is 0 Å². The van der Waals surface area contributed by atoms with Crippen LogP contribution in [0.25, 0.3) is 0 Å². The maximum absolute atomic E-state index is 12.9. The van der Waals surface area contributed by atoms with Gasteiger partial charge in [-0.25, -0.2) is 4.39 Å². The van der Waals surface area contributed by atoms with Crippen LogP contribution < -0.4 is 5.73 Å². The second kappa shape index (κ2) is 4.93. The van der Waals surface area contributed by atoms with E-state index in [2.05, 4.69) is 4.90 Å². The molecule has 90 valence electrons. The minimum atomic E-state index is -0.206. The Hall–Kier alpha value is -0.930. The van der Waals surface area contributed by atoms with E-state index in [0.29, 0.717) is 0 Å². The van der Waals surface area contributed by atoms with Crippen LogP contribution in [0.4, 0.5) is 4.39 Å². The molecule has 2 nitrogen and oxygen atoms in total. The maximum atomic E-state index is 12.9. The molecule has 1 aromatic carbocycles. The van der Waals surface area contributed by atoms with E-state index in [-0.39, 0.29) is 11.4 Å². The summed E-state index contributed by atoms with van der Waals surface area (Å²) in [6.45, 7) is 7.54. The number of aryl methyl sites for hydroxylation is 1. The summed E-state index contributed by atoms with van der Waals surface area (Å²) in [5.74, 6) is -0.178. The number of nitrogens with zero attached hydrogens (tertiary/aromatic N) is 1. The van der Waals surface area contributed by atoms with E-state index < -0.39 is 0 Å². The lowest BCUT2D eigenvalue weighted by atomic mass is 10.1. The number of rotatable bonds is 4. The largest absolute Gasteiger partial charge is 0.324 e. The third kappa shape index (κ3) is 4.29. The van der Waals surface area contributed by atoms with E-state index in [1.54, 1.807) is 6.07 Å². The molecule has 1 rings (SSSR count). The average Bonchev–Trinajstić information content (AvgIpc) is 2.06. The summed E-state index contributed by atoms with van der Waals surface area (Å²) in [6.07, 6.45) is 0. The first-order valence-electron chi connectivity index (χ1n) is 5.50. The van der Waals surface area contributed by atoms with Gasteiger partial charge in [0.1, 0.15) is 5.82 Å². The lowest BCUT2D eigenvalue weighted by molar-refractivity contribution is 0.263. The van der Waals surface area contributed by atoms with Crippen molar-refractivity contribution in [1.82, 2.24) is 4.90 Å². The van der Waals surface area contributed by atoms with Crippen molar-refractivity contribution in [3.8, 4) is 0 Å². The van der Waals surface area contributed by atoms with Crippen LogP contribution in [-0.4, -0.2) is 24.0 Å². The van der Waals surface area contributed by atoms with Crippen LogP contribution in [0.3, 0.4) is 0 Å². The predicted molar refractivity (Wildman–Crippen MR) is 65.7 cm³/mol. The number of hydrogen-bond acceptors (Lipinski definition) is 2. The van der Waals surface area contributed by atoms with Gasteiger partial charge in [0.05, 0.1) is 0 Å². The first-order valence-corrected chi connectivity index (χ1v) is 5.50. The normalized spacial score (nSPS) is 12.2. The molecule has 1 aromatic rings. The molecule has 0 aliphatic heterocycles. The van der Waals surface area contributed by atoms with Crippen molar-refractivity contribution in [2.75, 3.05) is 13.6 Å². The van der Waals surface area contributed by atoms with Crippen LogP contribution >= 0.6 is 0 Å². The van der Waals surface area contributed by atoms with E-state index in [4.69, 9.17) is 5.73 Å². The Morgan fingerprint density at radius 2 is 2.00 bits per heavy atom. The topological polar surface area (TPSA) is 29.3 Å². The molecule has 0 aliphatic carbocycles. The molecule has 0 fully saturated rings. The minimum absolute atomic E-state index is 0.178. The zero-order valence-electron chi connectivity index (χ0n) is 10.5. The van der Waals surface area contributed by atoms with Crippen LogP contribution in [0.2, 0.25) is 0 Å². The molecule has 0 atom stereocenters. The molecular weight excluding hydrogens is 203 g/mol. The highest BCUT2D eigenvalue weighted by Crippen LogP contribution is 2.13. The van der Waals surface area contributed by atoms with Crippen LogP contribution in [0.5, 0.6) is 0 Å². The van der Waals surface area contributed by atoms with E-state index in [1.165, 1.54) is 6.07 Å². The fourth-order valence-electron chi connectivity index (χ4n) is 1.88. The lowest BCUT2D eigenvalue weighted by Crippen LogP contribution is -2.43. The molecule has 0 unspecified atom stereocenters. The first kappa shape index (κ1) is 13.1. The summed E-state index contributed by atoms with van der Waals surface area (Å²) in [5.41, 5.74) is 7.88. The summed E-state index contributed by atoms with van der Waals surface area (Å²) in [5, 5.41) is 0. The average molecular weight is 224 g/mol. The summed E-state index contributed by atoms with van der Waals surface area (Å²) in [6, 6.07) is 4.91. The standard InChI is InChI=1S/C13H21FN2/c1-10-7-12(14)6-5-11(10)8-16(4)9-13(2,3)15/h5-7H,8-9,15H2,1-4H3. The fourth-order valence-corrected chi connectivity index (χ4v) is 1.88. The van der Waals surface area contributed by atoms with Gasteiger partial charge in [-0.15, -0.1) is 0 Å². The van der Waals surface area contributed by atoms with Crippen molar-refractivity contribution in [1.29, 1.82) is 0 Å². The van der Waals surface area contributed by atoms with E-state index in [1.807, 2.05) is 33.9 Å². The maximum Gasteiger partial charge on any atom is 0.123 e. The molecule has 0 saturated heterocycles. The van der Waals surface area contributed by atoms with E-state index in [9.17, 15) is 4.39 Å². The van der Waals surface area contributed by atoms with Crippen LogP contribution in [0.1, 0.15) is 25.0 Å². The third-order valence-electron chi connectivity index (χ3n) is 2.42. The highest BCUT2D eigenvalue weighted by molar-refractivity contribution is 5.26. The molecule has 0 amide bonds. The molecule has 0 aliphatic rings. The second-order valence-electron chi connectivity index (χ2n) is 5.23. The van der Waals surface area contributed by atoms with Gasteiger partial charge >= 0.3 is 0 Å². The van der Waals surface area contributed by atoms with Gasteiger partial charge in [-0.2, -0.15) is 0 Å². The Bertz CT molecular complexity index is 355. The number of halogens is 1. The molecule has 16 heavy (non-hydrogen) atoms. The summed E-state index contributed by atoms with van der Waals surface area (Å²) in [4.78, 5) is 2.15. The zero-order chi connectivity index (χ0) is 12.3. The van der Waals surface area contributed by atoms with Crippen molar-refractivity contribution >= 4 is 0 Å². The molecule has 0 aromatic heterocycles. The molecule has 2 N–H and O–H groups in total. The second-order valence-corrected chi connectivity index (χ2v) is 5.23. The molecule has 0 radical (unpaired) electrons. The summed E-state index contributed by atoms with van der Waals surface area (Å²) >= 11 is 0. The number of likely N-dealkylation sites (N-methyl/N-ethyl adjacent to an activating group) is 1. The van der Waals surface area contributed by atoms with Gasteiger partial charge < -0.3 is 10.6 Å². The van der Waals surface area contributed by atoms with E-state index >= 15 is 0 Å². The van der Waals surface area contributed by atoms with Crippen molar-refractivity contribution in [3.05, 3.63) is 35.1 Å². The molecule has 0 saturated carbocycles. The van der Waals surface area contributed by atoms with Crippen molar-refractivity contribution in [2.24, 2.45) is 5.73 Å². The van der Waals surface area contributed by atoms with Crippen molar-refractivity contribution in [2.45, 2.75) is 32.9 Å². The van der Waals surface area contributed by atoms with Gasteiger partial charge in [-0.1, -0.05) is 6.07 Å². The molecule has 0 bridgehead atoms. The Labute approximate surface area is 97.3 Å². The third-order valence-corrected chi connectivity index (χ3v) is 2.42. The quantitative estimate of drug-likeness (QED) is 0.850. The zero-order valence-corrected chi connectivity index (χ0v) is 10.5. The van der Waals surface area contributed by atoms with Gasteiger partial charge in [-0.05, 0) is 51.1 Å². The Kier molecular flexibility index (Phi) is 4.05. The molecule has 0 spiro atoms. The van der Waals surface area contributed by atoms with Gasteiger partial charge in [0.15, 0.2) is 0 Å². The predicted octanol–water partition coefficient (Wildman–Crippen LogP) is 2.30. The Balaban J connectivity index is 2.66. The van der Waals surface area contributed by atoms with Crippen molar-refractivity contribution in [3.63, 3.8) is 0 Å². The number of nitrogens with two attached hydrogens (primary N) is 1. The SMILES string of the molecule is Cc1cc(F)ccc1CN(C)CC(C)(C)N. The summed E-state index contributed by atoms with van der Waals surface area (Å²) < 4.78 is 12.9. The van der Waals surface area contributed by atoms with E-state index in [0.717, 1.165) is 24.2 Å². The molecular formula is C13H21FN2. The highest BCUT2D eigenvalue weighted by atomic mass is 19.1. The Morgan fingerprint density at radius 1 is 1.38 bits per heavy atom.